The first kappa shape index (κ1) is 14.8. The van der Waals surface area contributed by atoms with Gasteiger partial charge in [0.15, 0.2) is 0 Å². The van der Waals surface area contributed by atoms with E-state index in [1.807, 2.05) is 7.05 Å². The highest BCUT2D eigenvalue weighted by Gasteiger charge is 2.30. The van der Waals surface area contributed by atoms with Crippen molar-refractivity contribution in [2.45, 2.75) is 38.8 Å². The molecule has 3 nitrogen and oxygen atoms in total. The van der Waals surface area contributed by atoms with Crippen molar-refractivity contribution < 1.29 is 9.47 Å². The van der Waals surface area contributed by atoms with Crippen LogP contribution in [-0.2, 0) is 4.74 Å². The van der Waals surface area contributed by atoms with Gasteiger partial charge in [0.25, 0.3) is 0 Å². The third kappa shape index (κ3) is 2.81. The van der Waals surface area contributed by atoms with Crippen LogP contribution in [0.2, 0.25) is 0 Å². The summed E-state index contributed by atoms with van der Waals surface area (Å²) in [5.74, 6) is 0.968. The molecule has 2 atom stereocenters. The average molecular weight is 328 g/mol. The maximum absolute atomic E-state index is 5.86. The van der Waals surface area contributed by atoms with E-state index in [0.29, 0.717) is 0 Å². The number of ether oxygens (including phenoxy) is 2. The van der Waals surface area contributed by atoms with Crippen molar-refractivity contribution in [1.82, 2.24) is 5.32 Å². The quantitative estimate of drug-likeness (QED) is 0.917. The summed E-state index contributed by atoms with van der Waals surface area (Å²) < 4.78 is 12.6. The standard InChI is InChI=1S/C15H22BrNO2/c1-9-8-11(16)10(2)13(15(9)18-4)14(17-3)12-6-5-7-19-12/h8,12,14,17H,5-7H2,1-4H3. The highest BCUT2D eigenvalue weighted by Crippen LogP contribution is 2.39. The summed E-state index contributed by atoms with van der Waals surface area (Å²) in [5, 5.41) is 3.40. The van der Waals surface area contributed by atoms with Gasteiger partial charge in [0.05, 0.1) is 19.3 Å². The lowest BCUT2D eigenvalue weighted by Crippen LogP contribution is -2.30. The summed E-state index contributed by atoms with van der Waals surface area (Å²) >= 11 is 3.64. The molecule has 1 saturated heterocycles. The van der Waals surface area contributed by atoms with E-state index in [9.17, 15) is 0 Å². The number of likely N-dealkylation sites (N-methyl/N-ethyl adjacent to an activating group) is 1. The van der Waals surface area contributed by atoms with Crippen LogP contribution in [0.4, 0.5) is 0 Å². The smallest absolute Gasteiger partial charge is 0.126 e. The summed E-state index contributed by atoms with van der Waals surface area (Å²) in [5.41, 5.74) is 3.58. The molecule has 0 amide bonds. The Balaban J connectivity index is 2.51. The third-order valence-electron chi connectivity index (χ3n) is 3.87. The Morgan fingerprint density at radius 2 is 2.21 bits per heavy atom. The monoisotopic (exact) mass is 327 g/mol. The number of rotatable bonds is 4. The summed E-state index contributed by atoms with van der Waals surface area (Å²) in [4.78, 5) is 0. The predicted molar refractivity (Wildman–Crippen MR) is 80.9 cm³/mol. The first-order valence-electron chi connectivity index (χ1n) is 6.72. The fourth-order valence-electron chi connectivity index (χ4n) is 2.90. The molecule has 19 heavy (non-hydrogen) atoms. The van der Waals surface area contributed by atoms with E-state index in [-0.39, 0.29) is 12.1 Å². The van der Waals surface area contributed by atoms with Gasteiger partial charge in [-0.2, -0.15) is 0 Å². The van der Waals surface area contributed by atoms with Crippen LogP contribution in [-0.4, -0.2) is 26.9 Å². The summed E-state index contributed by atoms with van der Waals surface area (Å²) in [6.07, 6.45) is 2.46. The zero-order valence-corrected chi connectivity index (χ0v) is 13.6. The first-order chi connectivity index (χ1) is 9.10. The zero-order valence-electron chi connectivity index (χ0n) is 12.0. The van der Waals surface area contributed by atoms with E-state index >= 15 is 0 Å². The van der Waals surface area contributed by atoms with Gasteiger partial charge >= 0.3 is 0 Å². The van der Waals surface area contributed by atoms with Crippen molar-refractivity contribution in [2.75, 3.05) is 20.8 Å². The molecule has 2 rings (SSSR count). The van der Waals surface area contributed by atoms with E-state index in [4.69, 9.17) is 9.47 Å². The molecule has 0 bridgehead atoms. The maximum Gasteiger partial charge on any atom is 0.126 e. The molecule has 1 aromatic rings. The number of aryl methyl sites for hydroxylation is 1. The lowest BCUT2D eigenvalue weighted by Gasteiger charge is -2.27. The fourth-order valence-corrected chi connectivity index (χ4v) is 3.46. The van der Waals surface area contributed by atoms with Crippen molar-refractivity contribution in [3.63, 3.8) is 0 Å². The van der Waals surface area contributed by atoms with E-state index in [0.717, 1.165) is 35.2 Å². The Labute approximate surface area is 123 Å². The number of nitrogens with one attached hydrogen (secondary N) is 1. The van der Waals surface area contributed by atoms with Crippen LogP contribution in [0, 0.1) is 13.8 Å². The van der Waals surface area contributed by atoms with Gasteiger partial charge < -0.3 is 14.8 Å². The summed E-state index contributed by atoms with van der Waals surface area (Å²) in [7, 11) is 3.73. The van der Waals surface area contributed by atoms with E-state index in [2.05, 4.69) is 41.2 Å². The van der Waals surface area contributed by atoms with Crippen molar-refractivity contribution in [2.24, 2.45) is 0 Å². The molecule has 0 aliphatic carbocycles. The molecule has 0 spiro atoms. The number of hydrogen-bond donors (Lipinski definition) is 1. The third-order valence-corrected chi connectivity index (χ3v) is 4.69. The summed E-state index contributed by atoms with van der Waals surface area (Å²) in [6, 6.07) is 2.29. The van der Waals surface area contributed by atoms with Gasteiger partial charge in [-0.15, -0.1) is 0 Å². The maximum atomic E-state index is 5.86. The van der Waals surface area contributed by atoms with Gasteiger partial charge in [0.2, 0.25) is 0 Å². The minimum Gasteiger partial charge on any atom is -0.496 e. The molecule has 1 aromatic carbocycles. The minimum atomic E-state index is 0.175. The average Bonchev–Trinajstić information content (AvgIpc) is 2.90. The van der Waals surface area contributed by atoms with Crippen molar-refractivity contribution in [3.05, 3.63) is 27.2 Å². The largest absolute Gasteiger partial charge is 0.496 e. The van der Waals surface area contributed by atoms with Gasteiger partial charge in [-0.1, -0.05) is 15.9 Å². The molecule has 1 N–H and O–H groups in total. The van der Waals surface area contributed by atoms with Crippen LogP contribution in [0.5, 0.6) is 5.75 Å². The van der Waals surface area contributed by atoms with Crippen LogP contribution in [0.15, 0.2) is 10.5 Å². The molecule has 0 saturated carbocycles. The van der Waals surface area contributed by atoms with Crippen LogP contribution in [0.3, 0.4) is 0 Å². The van der Waals surface area contributed by atoms with Crippen LogP contribution < -0.4 is 10.1 Å². The first-order valence-corrected chi connectivity index (χ1v) is 7.52. The molecule has 0 aromatic heterocycles. The second-order valence-corrected chi connectivity index (χ2v) is 5.92. The van der Waals surface area contributed by atoms with Crippen molar-refractivity contribution >= 4 is 15.9 Å². The van der Waals surface area contributed by atoms with Crippen molar-refractivity contribution in [1.29, 1.82) is 0 Å². The van der Waals surface area contributed by atoms with E-state index < -0.39 is 0 Å². The molecular formula is C15H22BrNO2. The topological polar surface area (TPSA) is 30.5 Å². The molecule has 0 radical (unpaired) electrons. The number of hydrogen-bond acceptors (Lipinski definition) is 3. The van der Waals surface area contributed by atoms with E-state index in [1.165, 1.54) is 11.1 Å². The van der Waals surface area contributed by atoms with Crippen LogP contribution >= 0.6 is 15.9 Å². The Morgan fingerprint density at radius 3 is 2.74 bits per heavy atom. The Bertz CT molecular complexity index is 456. The molecule has 106 valence electrons. The molecule has 1 heterocycles. The predicted octanol–water partition coefficient (Wildman–Crippen LogP) is 3.51. The van der Waals surface area contributed by atoms with Crippen LogP contribution in [0.1, 0.15) is 35.6 Å². The van der Waals surface area contributed by atoms with Gasteiger partial charge in [-0.05, 0) is 50.9 Å². The highest BCUT2D eigenvalue weighted by molar-refractivity contribution is 9.10. The Kier molecular flexibility index (Phi) is 4.87. The van der Waals surface area contributed by atoms with Gasteiger partial charge in [-0.3, -0.25) is 0 Å². The highest BCUT2D eigenvalue weighted by atomic mass is 79.9. The Morgan fingerprint density at radius 1 is 1.47 bits per heavy atom. The second-order valence-electron chi connectivity index (χ2n) is 5.07. The number of benzene rings is 1. The van der Waals surface area contributed by atoms with Gasteiger partial charge in [0, 0.05) is 16.6 Å². The SMILES string of the molecule is CNC(c1c(C)c(Br)cc(C)c1OC)C1CCCO1. The number of methoxy groups -OCH3 is 1. The fraction of sp³-hybridized carbons (Fsp3) is 0.600. The molecule has 4 heteroatoms. The summed E-state index contributed by atoms with van der Waals surface area (Å²) in [6.45, 7) is 5.06. The molecule has 1 aliphatic rings. The molecule has 1 aliphatic heterocycles. The number of halogens is 1. The second kappa shape index (κ2) is 6.25. The lowest BCUT2D eigenvalue weighted by molar-refractivity contribution is 0.0797. The molecule has 1 fully saturated rings. The molecule has 2 unspecified atom stereocenters. The normalized spacial score (nSPS) is 20.6. The van der Waals surface area contributed by atoms with E-state index in [1.54, 1.807) is 7.11 Å². The lowest BCUT2D eigenvalue weighted by atomic mass is 9.92. The van der Waals surface area contributed by atoms with Gasteiger partial charge in [0.1, 0.15) is 5.75 Å². The van der Waals surface area contributed by atoms with Crippen LogP contribution in [0.25, 0.3) is 0 Å². The minimum absolute atomic E-state index is 0.175. The Hall–Kier alpha value is -0.580. The van der Waals surface area contributed by atoms with Crippen molar-refractivity contribution in [3.8, 4) is 5.75 Å². The molecular weight excluding hydrogens is 306 g/mol. The zero-order chi connectivity index (χ0) is 14.0. The van der Waals surface area contributed by atoms with Gasteiger partial charge in [-0.25, -0.2) is 0 Å².